The Balaban J connectivity index is 1.94. The molecule has 164 valence electrons. The molecule has 0 aliphatic rings. The quantitative estimate of drug-likeness (QED) is 0.419. The first-order valence-corrected chi connectivity index (χ1v) is 11.4. The number of aryl methyl sites for hydroxylation is 1. The summed E-state index contributed by atoms with van der Waals surface area (Å²) in [7, 11) is 0.857. The van der Waals surface area contributed by atoms with E-state index in [4.69, 9.17) is 9.47 Å². The van der Waals surface area contributed by atoms with Crippen LogP contribution in [0.2, 0.25) is 0 Å². The lowest BCUT2D eigenvalue weighted by atomic mass is 10.2. The van der Waals surface area contributed by atoms with E-state index in [1.807, 2.05) is 13.0 Å². The van der Waals surface area contributed by atoms with Gasteiger partial charge < -0.3 is 20.1 Å². The highest BCUT2D eigenvalue weighted by Gasteiger charge is 2.18. The molecular weight excluding hydrogens is 486 g/mol. The highest BCUT2D eigenvalue weighted by Crippen LogP contribution is 2.35. The lowest BCUT2D eigenvalue weighted by molar-refractivity contribution is 0.353. The maximum atomic E-state index is 12.3. The molecule has 0 atom stereocenters. The lowest BCUT2D eigenvalue weighted by Crippen LogP contribution is -2.19. The van der Waals surface area contributed by atoms with E-state index < -0.39 is 10.0 Å². The van der Waals surface area contributed by atoms with E-state index >= 15 is 0 Å². The van der Waals surface area contributed by atoms with Crippen LogP contribution in [0.1, 0.15) is 5.56 Å². The summed E-state index contributed by atoms with van der Waals surface area (Å²) in [5, 5.41) is 6.19. The third kappa shape index (κ3) is 5.06. The van der Waals surface area contributed by atoms with E-state index in [2.05, 4.69) is 41.3 Å². The number of para-hydroxylation sites is 1. The van der Waals surface area contributed by atoms with Crippen LogP contribution in [0.15, 0.2) is 52.0 Å². The van der Waals surface area contributed by atoms with Crippen molar-refractivity contribution in [2.24, 2.45) is 0 Å². The number of ether oxygens (including phenoxy) is 2. The van der Waals surface area contributed by atoms with E-state index in [0.717, 1.165) is 5.56 Å². The fourth-order valence-electron chi connectivity index (χ4n) is 2.91. The Hall–Kier alpha value is -2.89. The second kappa shape index (κ2) is 9.50. The molecule has 3 rings (SSSR count). The predicted octanol–water partition coefficient (Wildman–Crippen LogP) is 3.96. The molecule has 0 bridgehead atoms. The Bertz CT molecular complexity index is 1200. The number of halogens is 1. The van der Waals surface area contributed by atoms with Crippen LogP contribution >= 0.6 is 15.9 Å². The van der Waals surface area contributed by atoms with Gasteiger partial charge in [0.2, 0.25) is 16.0 Å². The molecule has 1 aromatic heterocycles. The summed E-state index contributed by atoms with van der Waals surface area (Å²) in [5.41, 5.74) is 1.97. The van der Waals surface area contributed by atoms with Gasteiger partial charge in [0, 0.05) is 18.0 Å². The number of hydrogen-bond donors (Lipinski definition) is 3. The molecule has 0 fully saturated rings. The molecule has 0 saturated carbocycles. The van der Waals surface area contributed by atoms with Crippen LogP contribution in [0.5, 0.6) is 11.5 Å². The molecule has 1 heterocycles. The number of benzene rings is 2. The SMILES string of the molecule is CNS(=O)(=O)c1ccccc1Nc1nc(Nc2cc(C)c(OC)c(OC)c2)ncc1Br. The highest BCUT2D eigenvalue weighted by molar-refractivity contribution is 9.10. The molecule has 0 aliphatic carbocycles. The fraction of sp³-hybridized carbons (Fsp3) is 0.200. The Morgan fingerprint density at radius 3 is 2.48 bits per heavy atom. The molecule has 31 heavy (non-hydrogen) atoms. The first-order valence-electron chi connectivity index (χ1n) is 9.11. The van der Waals surface area contributed by atoms with Crippen LogP contribution < -0.4 is 24.8 Å². The number of methoxy groups -OCH3 is 2. The number of anilines is 4. The molecule has 3 N–H and O–H groups in total. The highest BCUT2D eigenvalue weighted by atomic mass is 79.9. The minimum absolute atomic E-state index is 0.105. The van der Waals surface area contributed by atoms with Gasteiger partial charge in [0.15, 0.2) is 11.5 Å². The molecule has 9 nitrogen and oxygen atoms in total. The van der Waals surface area contributed by atoms with E-state index in [9.17, 15) is 8.42 Å². The number of rotatable bonds is 8. The lowest BCUT2D eigenvalue weighted by Gasteiger charge is -2.15. The smallest absolute Gasteiger partial charge is 0.242 e. The average Bonchev–Trinajstić information content (AvgIpc) is 2.76. The number of hydrogen-bond acceptors (Lipinski definition) is 8. The van der Waals surface area contributed by atoms with Crippen LogP contribution in [0.4, 0.5) is 23.1 Å². The Morgan fingerprint density at radius 1 is 1.06 bits per heavy atom. The predicted molar refractivity (Wildman–Crippen MR) is 123 cm³/mol. The topological polar surface area (TPSA) is 114 Å². The summed E-state index contributed by atoms with van der Waals surface area (Å²) in [6, 6.07) is 10.2. The second-order valence-electron chi connectivity index (χ2n) is 6.37. The first-order chi connectivity index (χ1) is 14.8. The van der Waals surface area contributed by atoms with Crippen molar-refractivity contribution in [1.82, 2.24) is 14.7 Å². The fourth-order valence-corrected chi connectivity index (χ4v) is 4.09. The minimum Gasteiger partial charge on any atom is -0.493 e. The molecule has 2 aromatic carbocycles. The van der Waals surface area contributed by atoms with Crippen molar-refractivity contribution in [2.45, 2.75) is 11.8 Å². The summed E-state index contributed by atoms with van der Waals surface area (Å²) < 4.78 is 38.3. The van der Waals surface area contributed by atoms with E-state index in [1.54, 1.807) is 44.7 Å². The zero-order valence-corrected chi connectivity index (χ0v) is 19.8. The van der Waals surface area contributed by atoms with Crippen LogP contribution in [-0.4, -0.2) is 39.7 Å². The Kier molecular flexibility index (Phi) is 6.98. The largest absolute Gasteiger partial charge is 0.493 e. The molecule has 0 spiro atoms. The van der Waals surface area contributed by atoms with E-state index in [0.29, 0.717) is 39.1 Å². The number of nitrogens with zero attached hydrogens (tertiary/aromatic N) is 2. The normalized spacial score (nSPS) is 11.1. The van der Waals surface area contributed by atoms with Crippen LogP contribution in [0, 0.1) is 6.92 Å². The zero-order valence-electron chi connectivity index (χ0n) is 17.4. The Labute approximate surface area is 189 Å². The maximum Gasteiger partial charge on any atom is 0.242 e. The third-order valence-corrected chi connectivity index (χ3v) is 6.42. The summed E-state index contributed by atoms with van der Waals surface area (Å²) in [5.74, 6) is 1.93. The molecule has 3 aromatic rings. The van der Waals surface area contributed by atoms with Crippen molar-refractivity contribution < 1.29 is 17.9 Å². The van der Waals surface area contributed by atoms with Gasteiger partial charge in [-0.05, 0) is 53.7 Å². The van der Waals surface area contributed by atoms with Gasteiger partial charge in [-0.15, -0.1) is 0 Å². The van der Waals surface area contributed by atoms with Gasteiger partial charge in [0.1, 0.15) is 10.7 Å². The van der Waals surface area contributed by atoms with Gasteiger partial charge in [-0.25, -0.2) is 18.1 Å². The van der Waals surface area contributed by atoms with Gasteiger partial charge in [-0.1, -0.05) is 12.1 Å². The monoisotopic (exact) mass is 507 g/mol. The van der Waals surface area contributed by atoms with Gasteiger partial charge in [-0.2, -0.15) is 4.98 Å². The summed E-state index contributed by atoms with van der Waals surface area (Å²) in [4.78, 5) is 8.86. The van der Waals surface area contributed by atoms with Gasteiger partial charge in [-0.3, -0.25) is 0 Å². The molecule has 0 aliphatic heterocycles. The van der Waals surface area contributed by atoms with E-state index in [-0.39, 0.29) is 4.90 Å². The van der Waals surface area contributed by atoms with Gasteiger partial charge in [0.05, 0.1) is 24.4 Å². The molecule has 0 amide bonds. The van der Waals surface area contributed by atoms with Crippen LogP contribution in [0.25, 0.3) is 0 Å². The number of aromatic nitrogens is 2. The van der Waals surface area contributed by atoms with E-state index in [1.165, 1.54) is 13.1 Å². The molecule has 0 saturated heterocycles. The molecule has 11 heteroatoms. The second-order valence-corrected chi connectivity index (χ2v) is 9.08. The summed E-state index contributed by atoms with van der Waals surface area (Å²) in [6.45, 7) is 1.90. The molecule has 0 radical (unpaired) electrons. The summed E-state index contributed by atoms with van der Waals surface area (Å²) in [6.07, 6.45) is 1.57. The van der Waals surface area contributed by atoms with Crippen molar-refractivity contribution >= 4 is 49.1 Å². The molecular formula is C20H22BrN5O4S. The summed E-state index contributed by atoms with van der Waals surface area (Å²) >= 11 is 3.40. The Morgan fingerprint density at radius 2 is 1.81 bits per heavy atom. The molecule has 0 unspecified atom stereocenters. The van der Waals surface area contributed by atoms with Gasteiger partial charge >= 0.3 is 0 Å². The first kappa shape index (κ1) is 22.8. The van der Waals surface area contributed by atoms with Crippen LogP contribution in [0.3, 0.4) is 0 Å². The third-order valence-electron chi connectivity index (χ3n) is 4.36. The van der Waals surface area contributed by atoms with Crippen molar-refractivity contribution in [3.8, 4) is 11.5 Å². The van der Waals surface area contributed by atoms with Crippen molar-refractivity contribution in [2.75, 3.05) is 31.9 Å². The van der Waals surface area contributed by atoms with Crippen molar-refractivity contribution in [1.29, 1.82) is 0 Å². The standard InChI is InChI=1S/C20H22BrN5O4S/c1-12-9-13(10-16(29-3)18(12)30-4)24-20-23-11-14(21)19(26-20)25-15-7-5-6-8-17(15)31(27,28)22-2/h5-11,22H,1-4H3,(H2,23,24,25,26). The van der Waals surface area contributed by atoms with Crippen LogP contribution in [-0.2, 0) is 10.0 Å². The average molecular weight is 508 g/mol. The maximum absolute atomic E-state index is 12.3. The van der Waals surface area contributed by atoms with Crippen molar-refractivity contribution in [3.63, 3.8) is 0 Å². The number of sulfonamides is 1. The number of nitrogens with one attached hydrogen (secondary N) is 3. The van der Waals surface area contributed by atoms with Crippen molar-refractivity contribution in [3.05, 3.63) is 52.6 Å². The van der Waals surface area contributed by atoms with Gasteiger partial charge in [0.25, 0.3) is 0 Å². The zero-order chi connectivity index (χ0) is 22.6. The minimum atomic E-state index is -3.65.